The number of rotatable bonds is 4. The van der Waals surface area contributed by atoms with Gasteiger partial charge >= 0.3 is 17.9 Å². The second kappa shape index (κ2) is 8.87. The lowest BCUT2D eigenvalue weighted by atomic mass is 9.38. The maximum Gasteiger partial charge on any atom is 0.348 e. The highest BCUT2D eigenvalue weighted by Gasteiger charge is 2.85. The van der Waals surface area contributed by atoms with Crippen LogP contribution in [-0.2, 0) is 38.1 Å². The first-order valence-corrected chi connectivity index (χ1v) is 13.3. The number of hydrogen-bond acceptors (Lipinski definition) is 11. The van der Waals surface area contributed by atoms with Crippen LogP contribution in [0, 0.1) is 34.5 Å². The number of carbonyl (C=O) groups is 4. The second-order valence-electron chi connectivity index (χ2n) is 12.3. The van der Waals surface area contributed by atoms with Crippen LogP contribution in [0.2, 0.25) is 0 Å². The van der Waals surface area contributed by atoms with E-state index in [1.807, 2.05) is 13.8 Å². The van der Waals surface area contributed by atoms with Crippen LogP contribution in [0.4, 0.5) is 0 Å². The van der Waals surface area contributed by atoms with Crippen LogP contribution in [0.25, 0.3) is 0 Å². The summed E-state index contributed by atoms with van der Waals surface area (Å²) in [5.41, 5.74) is -3.43. The molecule has 2 aliphatic heterocycles. The van der Waals surface area contributed by atoms with Crippen LogP contribution in [-0.4, -0.2) is 82.7 Å². The first kappa shape index (κ1) is 27.8. The van der Waals surface area contributed by atoms with E-state index in [1.54, 1.807) is 20.8 Å². The van der Waals surface area contributed by atoms with Crippen molar-refractivity contribution in [1.82, 2.24) is 0 Å². The highest BCUT2D eigenvalue weighted by atomic mass is 16.6. The van der Waals surface area contributed by atoms with Gasteiger partial charge in [-0.25, -0.2) is 14.4 Å². The molecule has 2 bridgehead atoms. The maximum atomic E-state index is 13.5. The third kappa shape index (κ3) is 3.39. The van der Waals surface area contributed by atoms with Crippen molar-refractivity contribution < 1.29 is 53.4 Å². The molecule has 1 spiro atoms. The molecule has 11 nitrogen and oxygen atoms in total. The fourth-order valence-corrected chi connectivity index (χ4v) is 8.37. The van der Waals surface area contributed by atoms with E-state index in [9.17, 15) is 34.5 Å². The van der Waals surface area contributed by atoms with E-state index >= 15 is 0 Å². The van der Waals surface area contributed by atoms with Crippen LogP contribution < -0.4 is 0 Å². The predicted octanol–water partition coefficient (Wildman–Crippen LogP) is 1.15. The number of aliphatic hydroxyl groups is 3. The molecule has 3 aliphatic carbocycles. The van der Waals surface area contributed by atoms with E-state index in [1.165, 1.54) is 6.08 Å². The van der Waals surface area contributed by atoms with Crippen LogP contribution in [0.5, 0.6) is 0 Å². The Balaban J connectivity index is 1.71. The number of methoxy groups -OCH3 is 1. The third-order valence-corrected chi connectivity index (χ3v) is 10.3. The zero-order valence-electron chi connectivity index (χ0n) is 22.9. The van der Waals surface area contributed by atoms with E-state index in [0.717, 1.165) is 7.11 Å². The molecular weight excluding hydrogens is 512 g/mol. The Hall–Kier alpha value is -2.76. The van der Waals surface area contributed by atoms with Gasteiger partial charge in [-0.15, -0.1) is 0 Å². The molecule has 0 unspecified atom stereocenters. The number of ether oxygens (including phenoxy) is 4. The average Bonchev–Trinajstić information content (AvgIpc) is 3.18. The first-order valence-electron chi connectivity index (χ1n) is 13.3. The van der Waals surface area contributed by atoms with Crippen molar-refractivity contribution in [1.29, 1.82) is 0 Å². The van der Waals surface area contributed by atoms with E-state index in [-0.39, 0.29) is 31.1 Å². The van der Waals surface area contributed by atoms with Crippen molar-refractivity contribution in [2.24, 2.45) is 34.5 Å². The van der Waals surface area contributed by atoms with Crippen LogP contribution in [0.15, 0.2) is 23.0 Å². The summed E-state index contributed by atoms with van der Waals surface area (Å²) in [4.78, 5) is 52.8. The van der Waals surface area contributed by atoms with Crippen LogP contribution in [0.3, 0.4) is 0 Å². The summed E-state index contributed by atoms with van der Waals surface area (Å²) in [5, 5.41) is 33.7. The minimum absolute atomic E-state index is 0.0302. The minimum atomic E-state index is -2.22. The Morgan fingerprint density at radius 3 is 2.46 bits per heavy atom. The Kier molecular flexibility index (Phi) is 6.32. The molecule has 214 valence electrons. The van der Waals surface area contributed by atoms with Gasteiger partial charge in [0.1, 0.15) is 12.2 Å². The number of ketones is 1. The van der Waals surface area contributed by atoms with Crippen molar-refractivity contribution in [2.75, 3.05) is 13.7 Å². The molecule has 0 aromatic heterocycles. The zero-order valence-corrected chi connectivity index (χ0v) is 22.9. The van der Waals surface area contributed by atoms with Crippen molar-refractivity contribution in [3.63, 3.8) is 0 Å². The van der Waals surface area contributed by atoms with Gasteiger partial charge in [-0.05, 0) is 43.1 Å². The average molecular weight is 549 g/mol. The van der Waals surface area contributed by atoms with Gasteiger partial charge in [0.25, 0.3) is 0 Å². The number of carbonyl (C=O) groups excluding carboxylic acids is 4. The van der Waals surface area contributed by atoms with E-state index in [0.29, 0.717) is 11.1 Å². The third-order valence-electron chi connectivity index (χ3n) is 10.3. The summed E-state index contributed by atoms with van der Waals surface area (Å²) in [6, 6.07) is 0. The van der Waals surface area contributed by atoms with E-state index in [2.05, 4.69) is 0 Å². The smallest absolute Gasteiger partial charge is 0.348 e. The van der Waals surface area contributed by atoms with Gasteiger partial charge in [-0.2, -0.15) is 0 Å². The van der Waals surface area contributed by atoms with Crippen LogP contribution >= 0.6 is 0 Å². The van der Waals surface area contributed by atoms with Crippen LogP contribution in [0.1, 0.15) is 47.5 Å². The summed E-state index contributed by atoms with van der Waals surface area (Å²) in [6.07, 6.45) is -4.75. The molecule has 0 aromatic rings. The molecule has 2 heterocycles. The largest absolute Gasteiger partial charge is 0.504 e. The van der Waals surface area contributed by atoms with Gasteiger partial charge in [0, 0.05) is 23.8 Å². The number of esters is 3. The van der Waals surface area contributed by atoms with Gasteiger partial charge in [-0.3, -0.25) is 4.79 Å². The lowest BCUT2D eigenvalue weighted by Crippen LogP contribution is -2.79. The highest BCUT2D eigenvalue weighted by Crippen LogP contribution is 2.72. The lowest BCUT2D eigenvalue weighted by Gasteiger charge is -2.67. The number of hydrogen-bond donors (Lipinski definition) is 3. The summed E-state index contributed by atoms with van der Waals surface area (Å²) in [5.74, 6) is -6.26. The molecule has 10 atom stereocenters. The minimum Gasteiger partial charge on any atom is -0.504 e. The Morgan fingerprint density at radius 1 is 1.18 bits per heavy atom. The number of Topliss-reactive ketones (excluding diaryl/α,β-unsaturated/α-hetero) is 1. The molecule has 5 aliphatic rings. The summed E-state index contributed by atoms with van der Waals surface area (Å²) >= 11 is 0. The summed E-state index contributed by atoms with van der Waals surface area (Å²) in [6.45, 7) is 8.72. The monoisotopic (exact) mass is 548 g/mol. The normalized spacial score (nSPS) is 44.9. The fraction of sp³-hybridized carbons (Fsp3) is 0.714. The topological polar surface area (TPSA) is 166 Å². The van der Waals surface area contributed by atoms with Gasteiger partial charge in [-0.1, -0.05) is 26.3 Å². The number of allylic oxidation sites excluding steroid dienone is 3. The molecule has 0 aromatic carbocycles. The lowest BCUT2D eigenvalue weighted by molar-refractivity contribution is -0.290. The Morgan fingerprint density at radius 2 is 1.85 bits per heavy atom. The molecular formula is C28H36O11. The molecule has 11 heteroatoms. The maximum absolute atomic E-state index is 13.5. The number of aliphatic hydroxyl groups excluding tert-OH is 3. The quantitative estimate of drug-likeness (QED) is 0.262. The van der Waals surface area contributed by atoms with Crippen molar-refractivity contribution in [3.05, 3.63) is 23.0 Å². The van der Waals surface area contributed by atoms with Crippen molar-refractivity contribution >= 4 is 23.7 Å². The Bertz CT molecular complexity index is 1200. The van der Waals surface area contributed by atoms with Crippen molar-refractivity contribution in [2.45, 2.75) is 77.5 Å². The molecule has 2 saturated carbocycles. The predicted molar refractivity (Wildman–Crippen MR) is 132 cm³/mol. The molecule has 0 radical (unpaired) electrons. The van der Waals surface area contributed by atoms with E-state index < -0.39 is 82.3 Å². The summed E-state index contributed by atoms with van der Waals surface area (Å²) in [7, 11) is 1.10. The standard InChI is InChI=1S/C28H36O11/c1-11(2)12(3)7-17(30)39-20-22-27-10-37-28(22,25(35)36-6)23(33)19(32)21(27)26(5)9-15(29)18(31)13(4)14(26)8-16(27)38-24(20)34/h7,11,14,16,19-23,31-33H,8-10H2,1-6H3/b12-7+/t14-,16+,19+,20+,21+,22+,23-,26-,27+,28+/m0/s1. The highest BCUT2D eigenvalue weighted by molar-refractivity contribution is 5.95. The van der Waals surface area contributed by atoms with Gasteiger partial charge < -0.3 is 34.3 Å². The molecule has 5 rings (SSSR count). The fourth-order valence-electron chi connectivity index (χ4n) is 8.37. The second-order valence-corrected chi connectivity index (χ2v) is 12.3. The SMILES string of the molecule is COC(=O)[C@]12OC[C@]34[C@H]([C@@H](O)[C@@H]1O)[C@@]1(C)CC(=O)C(O)=C(C)[C@@H]1C[C@H]3OC(=O)[C@H](OC(=O)/C=C(\C)C(C)C)[C@@H]24. The van der Waals surface area contributed by atoms with Gasteiger partial charge in [0.15, 0.2) is 11.5 Å². The van der Waals surface area contributed by atoms with Crippen molar-refractivity contribution in [3.8, 4) is 0 Å². The molecule has 39 heavy (non-hydrogen) atoms. The Labute approximate surface area is 226 Å². The molecule has 4 fully saturated rings. The molecule has 2 saturated heterocycles. The number of fused-ring (bicyclic) bond motifs is 2. The van der Waals surface area contributed by atoms with Gasteiger partial charge in [0.05, 0.1) is 25.7 Å². The summed E-state index contributed by atoms with van der Waals surface area (Å²) < 4.78 is 22.7. The van der Waals surface area contributed by atoms with Gasteiger partial charge in [0.2, 0.25) is 11.7 Å². The van der Waals surface area contributed by atoms with E-state index in [4.69, 9.17) is 18.9 Å². The molecule has 0 amide bonds. The zero-order chi connectivity index (χ0) is 28.8. The first-order chi connectivity index (χ1) is 18.2. The molecule has 3 N–H and O–H groups in total.